The maximum absolute atomic E-state index is 13.5. The Balaban J connectivity index is 0.827. The molecule has 1 aliphatic carbocycles. The summed E-state index contributed by atoms with van der Waals surface area (Å²) in [6.07, 6.45) is 0.0321. The maximum atomic E-state index is 13.5. The number of carbonyl (C=O) groups is 4. The van der Waals surface area contributed by atoms with E-state index in [2.05, 4.69) is 59.6 Å². The summed E-state index contributed by atoms with van der Waals surface area (Å²) in [6, 6.07) is 18.3. The maximum Gasteiger partial charge on any atom is 0.278 e. The van der Waals surface area contributed by atoms with Crippen LogP contribution in [0.25, 0.3) is 10.9 Å². The zero-order valence-electron chi connectivity index (χ0n) is 32.5. The molecule has 2 N–H and O–H groups in total. The molecule has 4 aromatic rings. The molecule has 8 rings (SSSR count). The quantitative estimate of drug-likeness (QED) is 0.234. The van der Waals surface area contributed by atoms with Crippen LogP contribution in [0.5, 0.6) is 11.5 Å². The zero-order chi connectivity index (χ0) is 41.1. The summed E-state index contributed by atoms with van der Waals surface area (Å²) in [7, 11) is 0. The first-order chi connectivity index (χ1) is 27.6. The van der Waals surface area contributed by atoms with Gasteiger partial charge in [0.15, 0.2) is 6.61 Å². The number of nitriles is 1. The summed E-state index contributed by atoms with van der Waals surface area (Å²) in [5, 5.41) is 23.2. The predicted molar refractivity (Wildman–Crippen MR) is 212 cm³/mol. The molecular weight excluding hydrogens is 764 g/mol. The third kappa shape index (κ3) is 6.99. The van der Waals surface area contributed by atoms with E-state index >= 15 is 0 Å². The molecule has 4 aliphatic rings. The second-order valence-electron chi connectivity index (χ2n) is 16.8. The largest absolute Gasteiger partial charge is 0.489 e. The highest BCUT2D eigenvalue weighted by atomic mass is 35.5. The van der Waals surface area contributed by atoms with E-state index in [-0.39, 0.29) is 71.5 Å². The van der Waals surface area contributed by atoms with Crippen molar-refractivity contribution in [2.24, 2.45) is 22.7 Å². The molecule has 16 heteroatoms. The van der Waals surface area contributed by atoms with E-state index in [1.54, 1.807) is 30.3 Å². The Hall–Kier alpha value is -6.01. The van der Waals surface area contributed by atoms with Crippen molar-refractivity contribution in [3.8, 4) is 17.6 Å². The number of nitrogens with one attached hydrogen (secondary N) is 2. The molecule has 3 aromatic carbocycles. The van der Waals surface area contributed by atoms with Gasteiger partial charge in [0.05, 0.1) is 16.0 Å². The normalized spacial score (nSPS) is 24.4. The van der Waals surface area contributed by atoms with Crippen LogP contribution in [0, 0.1) is 34.0 Å². The second kappa shape index (κ2) is 14.7. The van der Waals surface area contributed by atoms with Crippen molar-refractivity contribution in [1.82, 2.24) is 30.5 Å². The monoisotopic (exact) mass is 806 g/mol. The van der Waals surface area contributed by atoms with Crippen LogP contribution in [0.15, 0.2) is 65.5 Å². The van der Waals surface area contributed by atoms with Crippen LogP contribution in [-0.2, 0) is 14.4 Å². The van der Waals surface area contributed by atoms with Crippen molar-refractivity contribution in [3.63, 3.8) is 0 Å². The average molecular weight is 807 g/mol. The minimum absolute atomic E-state index is 0.0929. The number of aromatic nitrogens is 3. The van der Waals surface area contributed by atoms with Crippen LogP contribution < -0.4 is 30.6 Å². The molecule has 3 saturated heterocycles. The van der Waals surface area contributed by atoms with E-state index in [1.165, 1.54) is 6.07 Å². The summed E-state index contributed by atoms with van der Waals surface area (Å²) in [5.74, 6) is 0.154. The van der Waals surface area contributed by atoms with Gasteiger partial charge in [-0.05, 0) is 61.0 Å². The summed E-state index contributed by atoms with van der Waals surface area (Å²) in [5.41, 5.74) is 0.978. The van der Waals surface area contributed by atoms with Gasteiger partial charge in [0.2, 0.25) is 5.91 Å². The molecule has 4 amide bonds. The fourth-order valence-electron chi connectivity index (χ4n) is 9.52. The highest BCUT2D eigenvalue weighted by Gasteiger charge is 2.64. The fraction of sp³-hybridized carbons (Fsp3) is 0.429. The molecular formula is C42H43ClN8O7. The molecule has 0 spiro atoms. The first-order valence-corrected chi connectivity index (χ1v) is 19.7. The topological polar surface area (TPSA) is 189 Å². The molecule has 58 heavy (non-hydrogen) atoms. The Morgan fingerprint density at radius 2 is 1.64 bits per heavy atom. The van der Waals surface area contributed by atoms with Crippen molar-refractivity contribution < 1.29 is 28.7 Å². The number of halogens is 1. The van der Waals surface area contributed by atoms with Crippen molar-refractivity contribution >= 4 is 51.8 Å². The van der Waals surface area contributed by atoms with Crippen LogP contribution >= 0.6 is 11.6 Å². The van der Waals surface area contributed by atoms with E-state index in [1.807, 2.05) is 29.2 Å². The summed E-state index contributed by atoms with van der Waals surface area (Å²) >= 11 is 6.24. The minimum atomic E-state index is -0.942. The molecule has 0 radical (unpaired) electrons. The Kier molecular flexibility index (Phi) is 9.87. The Morgan fingerprint density at radius 3 is 2.29 bits per heavy atom. The van der Waals surface area contributed by atoms with Crippen molar-refractivity contribution in [2.75, 3.05) is 37.7 Å². The zero-order valence-corrected chi connectivity index (χ0v) is 33.3. The Labute approximate surface area is 339 Å². The molecule has 1 saturated carbocycles. The molecule has 3 aliphatic heterocycles. The lowest BCUT2D eigenvalue weighted by atomic mass is 9.49. The first-order valence-electron chi connectivity index (χ1n) is 19.3. The number of benzene rings is 3. The van der Waals surface area contributed by atoms with Gasteiger partial charge >= 0.3 is 0 Å². The van der Waals surface area contributed by atoms with Crippen LogP contribution in [0.2, 0.25) is 5.02 Å². The van der Waals surface area contributed by atoms with E-state index in [0.29, 0.717) is 46.3 Å². The number of rotatable bonds is 9. The van der Waals surface area contributed by atoms with Gasteiger partial charge in [-0.2, -0.15) is 9.94 Å². The molecule has 300 valence electrons. The highest BCUT2D eigenvalue weighted by molar-refractivity contribution is 6.31. The number of anilines is 1. The minimum Gasteiger partial charge on any atom is -0.489 e. The number of ether oxygens (including phenoxy) is 2. The molecule has 4 heterocycles. The van der Waals surface area contributed by atoms with Gasteiger partial charge in [-0.3, -0.25) is 29.3 Å². The van der Waals surface area contributed by atoms with Crippen molar-refractivity contribution in [1.29, 1.82) is 5.26 Å². The van der Waals surface area contributed by atoms with E-state index in [9.17, 15) is 29.2 Å². The van der Waals surface area contributed by atoms with Gasteiger partial charge in [-0.1, -0.05) is 44.5 Å². The third-order valence-corrected chi connectivity index (χ3v) is 12.6. The van der Waals surface area contributed by atoms with Gasteiger partial charge in [-0.15, -0.1) is 5.10 Å². The molecule has 1 aromatic heterocycles. The molecule has 3 atom stereocenters. The summed E-state index contributed by atoms with van der Waals surface area (Å²) < 4.78 is 13.2. The smallest absolute Gasteiger partial charge is 0.278 e. The van der Waals surface area contributed by atoms with E-state index in [4.69, 9.17) is 21.1 Å². The number of piperidine rings is 1. The van der Waals surface area contributed by atoms with Gasteiger partial charge < -0.3 is 24.6 Å². The van der Waals surface area contributed by atoms with Crippen molar-refractivity contribution in [3.05, 3.63) is 87.2 Å². The molecule has 4 fully saturated rings. The van der Waals surface area contributed by atoms with Gasteiger partial charge in [-0.25, -0.2) is 0 Å². The van der Waals surface area contributed by atoms with Gasteiger partial charge in [0.1, 0.15) is 35.2 Å². The molecule has 0 bridgehead atoms. The first kappa shape index (κ1) is 38.8. The van der Waals surface area contributed by atoms with Crippen LogP contribution in [-0.4, -0.2) is 88.5 Å². The molecule has 3 unspecified atom stereocenters. The fourth-order valence-corrected chi connectivity index (χ4v) is 9.73. The number of amides is 4. The number of likely N-dealkylation sites (tertiary alicyclic amines) is 1. The predicted octanol–water partition coefficient (Wildman–Crippen LogP) is 3.88. The summed E-state index contributed by atoms with van der Waals surface area (Å²) in [6.45, 7) is 10.8. The van der Waals surface area contributed by atoms with E-state index < -0.39 is 23.4 Å². The SMILES string of the molecule is CC1(C)[C@H](NC(=O)c2ccc(N3CC4CN(C(=O)COc5ccc6nnn(C7CCC(=O)NC7=O)c(=O)c6c5)CC4C3)cc2)C(C)(C)[C@H]1Oc1ccc(C#N)c(Cl)c1. The lowest BCUT2D eigenvalue weighted by molar-refractivity contribution is -0.164. The summed E-state index contributed by atoms with van der Waals surface area (Å²) in [4.78, 5) is 68.0. The number of fused-ring (bicyclic) bond motifs is 2. The van der Waals surface area contributed by atoms with Gasteiger partial charge in [0.25, 0.3) is 23.3 Å². The third-order valence-electron chi connectivity index (χ3n) is 12.3. The highest BCUT2D eigenvalue weighted by Crippen LogP contribution is 2.55. The van der Waals surface area contributed by atoms with Crippen LogP contribution in [0.3, 0.4) is 0 Å². The van der Waals surface area contributed by atoms with Crippen molar-refractivity contribution in [2.45, 2.75) is 58.7 Å². The van der Waals surface area contributed by atoms with Gasteiger partial charge in [0, 0.05) is 78.6 Å². The lowest BCUT2D eigenvalue weighted by Gasteiger charge is -2.63. The Morgan fingerprint density at radius 1 is 0.948 bits per heavy atom. The average Bonchev–Trinajstić information content (AvgIpc) is 3.79. The van der Waals surface area contributed by atoms with Crippen LogP contribution in [0.4, 0.5) is 5.69 Å². The number of imide groups is 1. The number of hydrogen-bond donors (Lipinski definition) is 2. The number of nitrogens with zero attached hydrogens (tertiary/aromatic N) is 6. The second-order valence-corrected chi connectivity index (χ2v) is 17.3. The van der Waals surface area contributed by atoms with Crippen LogP contribution in [0.1, 0.15) is 62.5 Å². The Bertz CT molecular complexity index is 2410. The molecule has 15 nitrogen and oxygen atoms in total. The number of hydrogen-bond acceptors (Lipinski definition) is 11. The number of carbonyl (C=O) groups excluding carboxylic acids is 4. The van der Waals surface area contributed by atoms with E-state index in [0.717, 1.165) is 23.5 Å². The lowest BCUT2D eigenvalue weighted by Crippen LogP contribution is -2.74. The standard InChI is InChI=1S/C42H43ClN8O7/c1-41(2)39(42(3,4)40(41)58-29-10-7-24(17-44)31(43)16-29)46-36(54)23-5-8-27(9-6-23)49-18-25-20-50(21-26(25)19-49)35(53)22-57-28-11-12-32-30(15-28)38(56)51(48-47-32)33-13-14-34(52)45-37(33)55/h5-12,15-16,25-26,33,39-40H,13-14,18-22H2,1-4H3,(H,46,54)(H,45,52,55)/t25?,26?,33?,39-,40-.